The average Bonchev–Trinajstić information content (AvgIpc) is 2.64. The van der Waals surface area contributed by atoms with Gasteiger partial charge in [0.2, 0.25) is 0 Å². The van der Waals surface area contributed by atoms with Crippen LogP contribution in [0.25, 0.3) is 0 Å². The fourth-order valence-electron chi connectivity index (χ4n) is 2.08. The predicted octanol–water partition coefficient (Wildman–Crippen LogP) is 2.21. The van der Waals surface area contributed by atoms with Gasteiger partial charge in [-0.05, 0) is 24.3 Å². The average molecular weight is 226 g/mol. The lowest BCUT2D eigenvalue weighted by Gasteiger charge is -2.17. The molecule has 17 heavy (non-hydrogen) atoms. The number of hydrogen-bond donors (Lipinski definition) is 1. The van der Waals surface area contributed by atoms with E-state index in [1.807, 2.05) is 0 Å². The number of para-hydroxylation sites is 1. The van der Waals surface area contributed by atoms with Crippen molar-refractivity contribution in [3.63, 3.8) is 0 Å². The summed E-state index contributed by atoms with van der Waals surface area (Å²) in [5.74, 6) is -0.123. The fraction of sp³-hybridized carbons (Fsp3) is 0.0769. The van der Waals surface area contributed by atoms with E-state index in [4.69, 9.17) is 0 Å². The number of carbonyl (C=O) groups excluding carboxylic acids is 1. The minimum Gasteiger partial charge on any atom is -0.291 e. The summed E-state index contributed by atoms with van der Waals surface area (Å²) in [7, 11) is 0. The van der Waals surface area contributed by atoms with Crippen molar-refractivity contribution >= 4 is 11.5 Å². The molecular formula is C13H10N2O2. The number of ketones is 1. The number of anilines is 1. The number of pyridine rings is 1. The van der Waals surface area contributed by atoms with Crippen molar-refractivity contribution in [1.29, 1.82) is 0 Å². The maximum Gasteiger partial charge on any atom is 0.196 e. The number of hydrogen-bond acceptors (Lipinski definition) is 4. The van der Waals surface area contributed by atoms with Gasteiger partial charge in [0.25, 0.3) is 0 Å². The van der Waals surface area contributed by atoms with Crippen LogP contribution in [0.1, 0.15) is 22.1 Å². The molecule has 1 aromatic carbocycles. The summed E-state index contributed by atoms with van der Waals surface area (Å²) in [5, 5.41) is 11.0. The molecule has 1 aliphatic rings. The van der Waals surface area contributed by atoms with E-state index in [9.17, 15) is 10.0 Å². The first-order valence-corrected chi connectivity index (χ1v) is 5.31. The standard InChI is InChI=1S/C13H10N2O2/c16-13-9-5-1-2-7-11(9)15(17)12(13)10-6-3-4-8-14-10/h1-8,12,17H. The number of nitrogens with zero attached hydrogens (tertiary/aromatic N) is 2. The van der Waals surface area contributed by atoms with Crippen LogP contribution in [0.15, 0.2) is 48.7 Å². The van der Waals surface area contributed by atoms with E-state index in [1.165, 1.54) is 0 Å². The Morgan fingerprint density at radius 3 is 2.59 bits per heavy atom. The van der Waals surface area contributed by atoms with E-state index in [2.05, 4.69) is 4.98 Å². The summed E-state index contributed by atoms with van der Waals surface area (Å²) < 4.78 is 0. The third kappa shape index (κ3) is 1.42. The minimum atomic E-state index is -0.728. The van der Waals surface area contributed by atoms with Crippen molar-refractivity contribution < 1.29 is 10.0 Å². The molecule has 0 fully saturated rings. The third-order valence-corrected chi connectivity index (χ3v) is 2.88. The van der Waals surface area contributed by atoms with Crippen LogP contribution in [-0.2, 0) is 0 Å². The van der Waals surface area contributed by atoms with Gasteiger partial charge in [0.05, 0.1) is 11.4 Å². The van der Waals surface area contributed by atoms with Crippen molar-refractivity contribution in [1.82, 2.24) is 4.98 Å². The van der Waals surface area contributed by atoms with Gasteiger partial charge in [-0.1, -0.05) is 18.2 Å². The number of benzene rings is 1. The lowest BCUT2D eigenvalue weighted by Crippen LogP contribution is -2.24. The number of fused-ring (bicyclic) bond motifs is 1. The third-order valence-electron chi connectivity index (χ3n) is 2.88. The molecule has 2 heterocycles. The van der Waals surface area contributed by atoms with Gasteiger partial charge in [-0.25, -0.2) is 5.06 Å². The molecule has 1 unspecified atom stereocenters. The van der Waals surface area contributed by atoms with Crippen LogP contribution in [0.3, 0.4) is 0 Å². The largest absolute Gasteiger partial charge is 0.291 e. The zero-order chi connectivity index (χ0) is 11.8. The second-order valence-electron chi connectivity index (χ2n) is 3.88. The molecule has 0 radical (unpaired) electrons. The highest BCUT2D eigenvalue weighted by Crippen LogP contribution is 2.37. The molecule has 2 aromatic rings. The Hall–Kier alpha value is -2.20. The van der Waals surface area contributed by atoms with Crippen LogP contribution >= 0.6 is 0 Å². The molecule has 4 nitrogen and oxygen atoms in total. The Kier molecular flexibility index (Phi) is 2.16. The van der Waals surface area contributed by atoms with Gasteiger partial charge in [0, 0.05) is 11.8 Å². The smallest absolute Gasteiger partial charge is 0.196 e. The summed E-state index contributed by atoms with van der Waals surface area (Å²) in [6.07, 6.45) is 1.61. The zero-order valence-electron chi connectivity index (χ0n) is 8.95. The molecular weight excluding hydrogens is 216 g/mol. The summed E-state index contributed by atoms with van der Waals surface area (Å²) in [5.41, 5.74) is 1.62. The molecule has 1 N–H and O–H groups in total. The number of aromatic nitrogens is 1. The zero-order valence-corrected chi connectivity index (χ0v) is 8.95. The van der Waals surface area contributed by atoms with E-state index < -0.39 is 6.04 Å². The highest BCUT2D eigenvalue weighted by molar-refractivity contribution is 6.10. The minimum absolute atomic E-state index is 0.123. The maximum absolute atomic E-state index is 12.2. The maximum atomic E-state index is 12.2. The first-order chi connectivity index (χ1) is 8.29. The Bertz CT molecular complexity index is 569. The summed E-state index contributed by atoms with van der Waals surface area (Å²) in [4.78, 5) is 16.3. The molecule has 0 spiro atoms. The van der Waals surface area contributed by atoms with Crippen molar-refractivity contribution in [3.05, 3.63) is 59.9 Å². The molecule has 0 bridgehead atoms. The number of Topliss-reactive ketones (excluding diaryl/α,β-unsaturated/α-hetero) is 1. The van der Waals surface area contributed by atoms with Crippen molar-refractivity contribution in [3.8, 4) is 0 Å². The van der Waals surface area contributed by atoms with Crippen LogP contribution in [0.4, 0.5) is 5.69 Å². The molecule has 0 saturated carbocycles. The summed E-state index contributed by atoms with van der Waals surface area (Å²) in [6.45, 7) is 0. The van der Waals surface area contributed by atoms with Gasteiger partial charge in [-0.15, -0.1) is 0 Å². The number of carbonyl (C=O) groups is 1. The monoisotopic (exact) mass is 226 g/mol. The Labute approximate surface area is 98.1 Å². The Morgan fingerprint density at radius 1 is 1.12 bits per heavy atom. The second kappa shape index (κ2) is 3.68. The number of rotatable bonds is 1. The first-order valence-electron chi connectivity index (χ1n) is 5.31. The highest BCUT2D eigenvalue weighted by atomic mass is 16.5. The summed E-state index contributed by atoms with van der Waals surface area (Å²) in [6, 6.07) is 11.6. The van der Waals surface area contributed by atoms with Crippen LogP contribution in [0.5, 0.6) is 0 Å². The number of hydroxylamine groups is 1. The van der Waals surface area contributed by atoms with Crippen LogP contribution in [0, 0.1) is 0 Å². The molecule has 0 amide bonds. The van der Waals surface area contributed by atoms with Gasteiger partial charge in [-0.2, -0.15) is 0 Å². The van der Waals surface area contributed by atoms with Gasteiger partial charge in [0.15, 0.2) is 11.8 Å². The van der Waals surface area contributed by atoms with Crippen molar-refractivity contribution in [2.45, 2.75) is 6.04 Å². The topological polar surface area (TPSA) is 53.4 Å². The van der Waals surface area contributed by atoms with Gasteiger partial charge >= 0.3 is 0 Å². The molecule has 1 atom stereocenters. The second-order valence-corrected chi connectivity index (χ2v) is 3.88. The van der Waals surface area contributed by atoms with Crippen molar-refractivity contribution in [2.75, 3.05) is 5.06 Å². The molecule has 0 saturated heterocycles. The molecule has 1 aliphatic heterocycles. The highest BCUT2D eigenvalue weighted by Gasteiger charge is 2.38. The van der Waals surface area contributed by atoms with E-state index in [1.54, 1.807) is 48.7 Å². The molecule has 4 heteroatoms. The Balaban J connectivity index is 2.10. The van der Waals surface area contributed by atoms with Gasteiger partial charge < -0.3 is 0 Å². The summed E-state index contributed by atoms with van der Waals surface area (Å²) >= 11 is 0. The van der Waals surface area contributed by atoms with Crippen LogP contribution < -0.4 is 5.06 Å². The van der Waals surface area contributed by atoms with Crippen molar-refractivity contribution in [2.24, 2.45) is 0 Å². The SMILES string of the molecule is O=C1c2ccccc2N(O)C1c1ccccn1. The van der Waals surface area contributed by atoms with E-state index in [0.29, 0.717) is 16.9 Å². The normalized spacial score (nSPS) is 18.3. The van der Waals surface area contributed by atoms with E-state index in [0.717, 1.165) is 5.06 Å². The lowest BCUT2D eigenvalue weighted by atomic mass is 10.1. The molecule has 3 rings (SSSR count). The molecule has 84 valence electrons. The molecule has 1 aromatic heterocycles. The fourth-order valence-corrected chi connectivity index (χ4v) is 2.08. The van der Waals surface area contributed by atoms with Gasteiger partial charge in [-0.3, -0.25) is 15.0 Å². The van der Waals surface area contributed by atoms with Crippen LogP contribution in [-0.4, -0.2) is 16.0 Å². The predicted molar refractivity (Wildman–Crippen MR) is 62.0 cm³/mol. The first kappa shape index (κ1) is 9.99. The van der Waals surface area contributed by atoms with E-state index >= 15 is 0 Å². The Morgan fingerprint density at radius 2 is 1.88 bits per heavy atom. The van der Waals surface area contributed by atoms with Crippen LogP contribution in [0.2, 0.25) is 0 Å². The van der Waals surface area contributed by atoms with Gasteiger partial charge in [0.1, 0.15) is 0 Å². The lowest BCUT2D eigenvalue weighted by molar-refractivity contribution is 0.0924. The van der Waals surface area contributed by atoms with E-state index in [-0.39, 0.29) is 5.78 Å². The quantitative estimate of drug-likeness (QED) is 0.810. The molecule has 0 aliphatic carbocycles.